The van der Waals surface area contributed by atoms with Crippen LogP contribution in [0.4, 0.5) is 0 Å². The van der Waals surface area contributed by atoms with Crippen molar-refractivity contribution in [3.63, 3.8) is 0 Å². The van der Waals surface area contributed by atoms with Crippen molar-refractivity contribution >= 4 is 57.6 Å². The molecule has 0 amide bonds. The molecule has 0 radical (unpaired) electrons. The Hall–Kier alpha value is 0.00312. The van der Waals surface area contributed by atoms with E-state index in [1.165, 1.54) is 56.6 Å². The maximum Gasteiger partial charge on any atom is -0.0771 e. The molecule has 0 nitrogen and oxygen atoms in total. The molecule has 0 aliphatic heterocycles. The van der Waals surface area contributed by atoms with Crippen LogP contribution in [-0.2, 0) is 21.3 Å². The first-order valence-electron chi connectivity index (χ1n) is 9.67. The van der Waals surface area contributed by atoms with Gasteiger partial charge in [0.05, 0.1) is 0 Å². The first-order valence-corrected chi connectivity index (χ1v) is 24.3. The molecular formula is C25H28I2Zr. The minimum absolute atomic E-state index is 0.170. The van der Waals surface area contributed by atoms with Gasteiger partial charge in [-0.2, -0.15) is 27.8 Å². The topological polar surface area (TPSA) is 0 Å². The average Bonchev–Trinajstić information content (AvgIpc) is 3.17. The molecule has 0 aliphatic carbocycles. The Morgan fingerprint density at radius 2 is 1.32 bits per heavy atom. The smallest absolute Gasteiger partial charge is 0.0771 e. The van der Waals surface area contributed by atoms with Gasteiger partial charge in [0.15, 0.2) is 0 Å². The first kappa shape index (κ1) is 24.3. The third-order valence-corrected chi connectivity index (χ3v) is 5.62. The van der Waals surface area contributed by atoms with Crippen LogP contribution in [0.2, 0.25) is 0 Å². The van der Waals surface area contributed by atoms with Gasteiger partial charge in [0.1, 0.15) is 0 Å². The number of fused-ring (bicyclic) bond motifs is 3. The van der Waals surface area contributed by atoms with E-state index in [0.29, 0.717) is 0 Å². The van der Waals surface area contributed by atoms with Crippen molar-refractivity contribution in [2.24, 2.45) is 0 Å². The van der Waals surface area contributed by atoms with Crippen molar-refractivity contribution in [2.45, 2.75) is 47.5 Å². The fourth-order valence-corrected chi connectivity index (χ4v) is 3.83. The third-order valence-electron chi connectivity index (χ3n) is 5.62. The summed E-state index contributed by atoms with van der Waals surface area (Å²) in [6.07, 6.45) is 2.50. The number of benzene rings is 2. The summed E-state index contributed by atoms with van der Waals surface area (Å²) in [6.45, 7) is 11.2. The van der Waals surface area contributed by atoms with Crippen LogP contribution in [0.1, 0.15) is 41.2 Å². The van der Waals surface area contributed by atoms with Gasteiger partial charge in [-0.3, -0.25) is 0 Å². The van der Waals surface area contributed by atoms with Gasteiger partial charge < -0.3 is 0 Å². The van der Waals surface area contributed by atoms with Crippen LogP contribution in [0.3, 0.4) is 0 Å². The second-order valence-electron chi connectivity index (χ2n) is 7.12. The van der Waals surface area contributed by atoms with Gasteiger partial charge >= 0.3 is 50.9 Å². The van der Waals surface area contributed by atoms with Crippen molar-refractivity contribution in [1.29, 1.82) is 0 Å². The Morgan fingerprint density at radius 1 is 0.857 bits per heavy atom. The SMILES string of the molecule is CCCc1c(C)c(C)c(C)[c-]1C.[I][Zr+2][I].c1ccc2c(c1)[cH-]c1ccccc12. The summed E-state index contributed by atoms with van der Waals surface area (Å²) >= 11 is 5.06. The van der Waals surface area contributed by atoms with Gasteiger partial charge in [0.25, 0.3) is 0 Å². The average molecular weight is 674 g/mol. The van der Waals surface area contributed by atoms with E-state index in [4.69, 9.17) is 0 Å². The molecule has 28 heavy (non-hydrogen) atoms. The van der Waals surface area contributed by atoms with Crippen molar-refractivity contribution in [2.75, 3.05) is 0 Å². The van der Waals surface area contributed by atoms with Crippen LogP contribution < -0.4 is 0 Å². The molecule has 0 N–H and O–H groups in total. The molecular weight excluding hydrogens is 645 g/mol. The Kier molecular flexibility index (Phi) is 10.4. The Labute approximate surface area is 200 Å². The molecule has 4 rings (SSSR count). The summed E-state index contributed by atoms with van der Waals surface area (Å²) in [5, 5.41) is 5.39. The quantitative estimate of drug-likeness (QED) is 0.147. The summed E-state index contributed by atoms with van der Waals surface area (Å²) in [4.78, 5) is 0. The summed E-state index contributed by atoms with van der Waals surface area (Å²) in [7, 11) is 0. The van der Waals surface area contributed by atoms with Crippen LogP contribution in [0.5, 0.6) is 0 Å². The van der Waals surface area contributed by atoms with Crippen LogP contribution in [-0.4, -0.2) is 0 Å². The monoisotopic (exact) mass is 672 g/mol. The van der Waals surface area contributed by atoms with Crippen LogP contribution in [0.25, 0.3) is 21.5 Å². The molecule has 0 fully saturated rings. The van der Waals surface area contributed by atoms with E-state index in [9.17, 15) is 0 Å². The molecule has 4 aromatic carbocycles. The summed E-state index contributed by atoms with van der Waals surface area (Å²) in [6, 6.07) is 19.3. The molecule has 0 saturated heterocycles. The van der Waals surface area contributed by atoms with E-state index in [1.54, 1.807) is 5.56 Å². The Morgan fingerprint density at radius 3 is 1.71 bits per heavy atom. The predicted molar refractivity (Wildman–Crippen MR) is 140 cm³/mol. The van der Waals surface area contributed by atoms with Gasteiger partial charge in [0, 0.05) is 0 Å². The van der Waals surface area contributed by atoms with Gasteiger partial charge in [-0.05, 0) is 0 Å². The zero-order valence-corrected chi connectivity index (χ0v) is 24.1. The minimum Gasteiger partial charge on any atom is -0.126 e. The normalized spacial score (nSPS) is 10.1. The van der Waals surface area contributed by atoms with E-state index < -0.39 is 0 Å². The van der Waals surface area contributed by atoms with Gasteiger partial charge in [-0.15, -0.1) is 39.7 Å². The van der Waals surface area contributed by atoms with Crippen LogP contribution >= 0.6 is 36.1 Å². The molecule has 0 saturated carbocycles. The second kappa shape index (κ2) is 12.0. The maximum absolute atomic E-state index is 2.45. The summed E-state index contributed by atoms with van der Waals surface area (Å²) in [5.74, 6) is 0. The van der Waals surface area contributed by atoms with Gasteiger partial charge in [-0.1, -0.05) is 83.9 Å². The second-order valence-corrected chi connectivity index (χ2v) is 26.1. The summed E-state index contributed by atoms with van der Waals surface area (Å²) in [5.41, 5.74) is 7.62. The van der Waals surface area contributed by atoms with Crippen molar-refractivity contribution in [1.82, 2.24) is 0 Å². The number of hydrogen-bond acceptors (Lipinski definition) is 0. The molecule has 0 aliphatic rings. The van der Waals surface area contributed by atoms with E-state index in [-0.39, 0.29) is 14.9 Å². The molecule has 3 heteroatoms. The van der Waals surface area contributed by atoms with Crippen molar-refractivity contribution in [3.05, 3.63) is 82.4 Å². The fraction of sp³-hybridized carbons (Fsp3) is 0.280. The maximum atomic E-state index is 2.45. The number of rotatable bonds is 2. The molecule has 0 atom stereocenters. The Balaban J connectivity index is 0.000000177. The first-order chi connectivity index (χ1) is 13.5. The van der Waals surface area contributed by atoms with Crippen molar-refractivity contribution < 1.29 is 14.9 Å². The third kappa shape index (κ3) is 5.79. The molecule has 0 aromatic heterocycles. The number of halogens is 2. The standard InChI is InChI=1S/C13H9.C12H19.2HI.Zr/c1-3-7-12-10(5-1)9-11-6-2-4-8-13(11)12;1-6-7-12-10(4)8(2)9(3)11(12)5;;;/h1-9H;6-7H2,1-5H3;2*1H;/q2*-1;;;+4/p-2. The van der Waals surface area contributed by atoms with E-state index in [0.717, 1.165) is 0 Å². The van der Waals surface area contributed by atoms with Gasteiger partial charge in [0.2, 0.25) is 0 Å². The molecule has 146 valence electrons. The fourth-order valence-electron chi connectivity index (χ4n) is 3.83. The van der Waals surface area contributed by atoms with E-state index in [1.807, 2.05) is 0 Å². The van der Waals surface area contributed by atoms with E-state index in [2.05, 4.69) is 125 Å². The van der Waals surface area contributed by atoms with E-state index >= 15 is 0 Å². The van der Waals surface area contributed by atoms with Gasteiger partial charge in [-0.25, -0.2) is 0 Å². The summed E-state index contributed by atoms with van der Waals surface area (Å²) < 4.78 is 0. The predicted octanol–water partition coefficient (Wildman–Crippen LogP) is 9.07. The minimum atomic E-state index is 0.170. The van der Waals surface area contributed by atoms with Crippen LogP contribution in [0.15, 0.2) is 54.6 Å². The molecule has 0 heterocycles. The largest absolute Gasteiger partial charge is 0.126 e. The molecule has 0 unspecified atom stereocenters. The molecule has 0 bridgehead atoms. The van der Waals surface area contributed by atoms with Crippen molar-refractivity contribution in [3.8, 4) is 0 Å². The molecule has 0 spiro atoms. The number of hydrogen-bond donors (Lipinski definition) is 0. The Bertz CT molecular complexity index is 948. The zero-order valence-electron chi connectivity index (χ0n) is 17.4. The molecule has 4 aromatic rings. The van der Waals surface area contributed by atoms with Crippen LogP contribution in [0, 0.1) is 27.7 Å². The zero-order chi connectivity index (χ0) is 20.7.